The summed E-state index contributed by atoms with van der Waals surface area (Å²) in [5, 5.41) is 14.0. The second-order valence-corrected chi connectivity index (χ2v) is 4.12. The fourth-order valence-electron chi connectivity index (χ4n) is 2.20. The molecule has 1 aromatic rings. The van der Waals surface area contributed by atoms with E-state index in [1.165, 1.54) is 0 Å². The lowest BCUT2D eigenvalue weighted by Gasteiger charge is -2.41. The summed E-state index contributed by atoms with van der Waals surface area (Å²) in [6, 6.07) is 5.69. The molecule has 16 heavy (non-hydrogen) atoms. The molecule has 0 saturated carbocycles. The third-order valence-corrected chi connectivity index (χ3v) is 3.21. The van der Waals surface area contributed by atoms with Crippen molar-refractivity contribution >= 4 is 0 Å². The summed E-state index contributed by atoms with van der Waals surface area (Å²) in [5.74, 6) is 0. The number of hydrogen-bond donors (Lipinski definition) is 2. The summed E-state index contributed by atoms with van der Waals surface area (Å²) in [6.07, 6.45) is 2.39. The summed E-state index contributed by atoms with van der Waals surface area (Å²) < 4.78 is 0. The Morgan fingerprint density at radius 1 is 1.44 bits per heavy atom. The lowest BCUT2D eigenvalue weighted by atomic mass is 10.0. The number of hydrogen-bond acceptors (Lipinski definition) is 4. The maximum absolute atomic E-state index is 10.8. The zero-order valence-electron chi connectivity index (χ0n) is 9.69. The average molecular weight is 221 g/mol. The molecule has 1 aliphatic rings. The Labute approximate surface area is 96.3 Å². The van der Waals surface area contributed by atoms with Crippen LogP contribution in [0.1, 0.15) is 19.0 Å². The molecule has 0 spiro atoms. The minimum absolute atomic E-state index is 0.657. The Bertz CT molecular complexity index is 324. The van der Waals surface area contributed by atoms with Gasteiger partial charge >= 0.3 is 0 Å². The van der Waals surface area contributed by atoms with Crippen LogP contribution in [-0.2, 0) is 5.72 Å². The number of aliphatic hydroxyl groups is 1. The smallest absolute Gasteiger partial charge is 0.161 e. The molecule has 1 aliphatic heterocycles. The molecule has 1 fully saturated rings. The van der Waals surface area contributed by atoms with E-state index in [0.717, 1.165) is 31.9 Å². The van der Waals surface area contributed by atoms with E-state index in [0.29, 0.717) is 6.42 Å². The Morgan fingerprint density at radius 3 is 2.75 bits per heavy atom. The quantitative estimate of drug-likeness (QED) is 0.782. The number of piperazine rings is 1. The van der Waals surface area contributed by atoms with Crippen LogP contribution in [-0.4, -0.2) is 41.2 Å². The second kappa shape index (κ2) is 4.91. The van der Waals surface area contributed by atoms with Crippen LogP contribution in [0.3, 0.4) is 0 Å². The van der Waals surface area contributed by atoms with Gasteiger partial charge in [-0.25, -0.2) is 0 Å². The molecule has 0 aliphatic carbocycles. The molecule has 2 N–H and O–H groups in total. The lowest BCUT2D eigenvalue weighted by molar-refractivity contribution is -0.126. The lowest BCUT2D eigenvalue weighted by Crippen LogP contribution is -2.54. The van der Waals surface area contributed by atoms with Crippen LogP contribution in [0.2, 0.25) is 0 Å². The van der Waals surface area contributed by atoms with Crippen LogP contribution in [0.15, 0.2) is 24.4 Å². The van der Waals surface area contributed by atoms with Gasteiger partial charge in [-0.2, -0.15) is 0 Å². The van der Waals surface area contributed by atoms with E-state index in [9.17, 15) is 5.11 Å². The number of aromatic nitrogens is 1. The molecule has 0 bridgehead atoms. The highest BCUT2D eigenvalue weighted by atomic mass is 16.3. The maximum Gasteiger partial charge on any atom is 0.161 e. The Morgan fingerprint density at radius 2 is 2.19 bits per heavy atom. The Hall–Kier alpha value is -0.970. The molecular formula is C12H19N3O. The van der Waals surface area contributed by atoms with Crippen molar-refractivity contribution in [2.24, 2.45) is 0 Å². The minimum atomic E-state index is -0.913. The molecule has 1 atom stereocenters. The predicted molar refractivity (Wildman–Crippen MR) is 62.9 cm³/mol. The van der Waals surface area contributed by atoms with E-state index in [1.807, 2.05) is 25.1 Å². The SMILES string of the molecule is CCC(O)(c1ccccn1)N1CCNCC1. The zero-order chi connectivity index (χ0) is 11.4. The highest BCUT2D eigenvalue weighted by Crippen LogP contribution is 2.27. The van der Waals surface area contributed by atoms with Crippen molar-refractivity contribution < 1.29 is 5.11 Å². The first-order chi connectivity index (χ1) is 7.77. The van der Waals surface area contributed by atoms with Crippen molar-refractivity contribution in [3.63, 3.8) is 0 Å². The van der Waals surface area contributed by atoms with Crippen molar-refractivity contribution in [2.45, 2.75) is 19.1 Å². The summed E-state index contributed by atoms with van der Waals surface area (Å²) in [7, 11) is 0. The van der Waals surface area contributed by atoms with Gasteiger partial charge < -0.3 is 10.4 Å². The van der Waals surface area contributed by atoms with Gasteiger partial charge in [-0.15, -0.1) is 0 Å². The molecule has 4 heteroatoms. The van der Waals surface area contributed by atoms with Gasteiger partial charge in [-0.1, -0.05) is 13.0 Å². The number of rotatable bonds is 3. The molecule has 1 unspecified atom stereocenters. The highest BCUT2D eigenvalue weighted by molar-refractivity contribution is 5.12. The van der Waals surface area contributed by atoms with Crippen LogP contribution in [0.4, 0.5) is 0 Å². The molecule has 88 valence electrons. The van der Waals surface area contributed by atoms with Gasteiger partial charge in [0.2, 0.25) is 0 Å². The average Bonchev–Trinajstić information content (AvgIpc) is 2.40. The van der Waals surface area contributed by atoms with Crippen molar-refractivity contribution in [1.29, 1.82) is 0 Å². The van der Waals surface area contributed by atoms with Gasteiger partial charge in [0.15, 0.2) is 5.72 Å². The molecule has 4 nitrogen and oxygen atoms in total. The van der Waals surface area contributed by atoms with E-state index >= 15 is 0 Å². The Balaban J connectivity index is 2.24. The van der Waals surface area contributed by atoms with Crippen LogP contribution in [0.5, 0.6) is 0 Å². The fraction of sp³-hybridized carbons (Fsp3) is 0.583. The molecule has 2 rings (SSSR count). The van der Waals surface area contributed by atoms with Gasteiger partial charge in [-0.05, 0) is 18.6 Å². The summed E-state index contributed by atoms with van der Waals surface area (Å²) in [5.41, 5.74) is -0.164. The number of pyridine rings is 1. The minimum Gasteiger partial charge on any atom is -0.370 e. The third kappa shape index (κ3) is 2.09. The topological polar surface area (TPSA) is 48.4 Å². The van der Waals surface area contributed by atoms with Crippen LogP contribution in [0, 0.1) is 0 Å². The number of nitrogens with one attached hydrogen (secondary N) is 1. The monoisotopic (exact) mass is 221 g/mol. The van der Waals surface area contributed by atoms with Gasteiger partial charge in [0.1, 0.15) is 0 Å². The first-order valence-electron chi connectivity index (χ1n) is 5.87. The third-order valence-electron chi connectivity index (χ3n) is 3.21. The van der Waals surface area contributed by atoms with Crippen molar-refractivity contribution in [3.05, 3.63) is 30.1 Å². The molecule has 1 saturated heterocycles. The molecule has 0 amide bonds. The molecule has 1 aromatic heterocycles. The predicted octanol–water partition coefficient (Wildman–Crippen LogP) is 0.542. The first kappa shape index (κ1) is 11.5. The molecule has 2 heterocycles. The van der Waals surface area contributed by atoms with Crippen LogP contribution < -0.4 is 5.32 Å². The number of nitrogens with zero attached hydrogens (tertiary/aromatic N) is 2. The van der Waals surface area contributed by atoms with E-state index in [4.69, 9.17) is 0 Å². The Kier molecular flexibility index (Phi) is 3.53. The summed E-state index contributed by atoms with van der Waals surface area (Å²) in [4.78, 5) is 6.39. The highest BCUT2D eigenvalue weighted by Gasteiger charge is 2.36. The van der Waals surface area contributed by atoms with Crippen molar-refractivity contribution in [1.82, 2.24) is 15.2 Å². The fourth-order valence-corrected chi connectivity index (χ4v) is 2.20. The second-order valence-electron chi connectivity index (χ2n) is 4.12. The van der Waals surface area contributed by atoms with Gasteiger partial charge in [0, 0.05) is 32.4 Å². The summed E-state index contributed by atoms with van der Waals surface area (Å²) >= 11 is 0. The maximum atomic E-state index is 10.8. The molecular weight excluding hydrogens is 202 g/mol. The molecule has 0 radical (unpaired) electrons. The standard InChI is InChI=1S/C12H19N3O/c1-2-12(16,11-5-3-4-6-14-11)15-9-7-13-8-10-15/h3-6,13,16H,2,7-10H2,1H3. The van der Waals surface area contributed by atoms with Gasteiger partial charge in [0.25, 0.3) is 0 Å². The zero-order valence-corrected chi connectivity index (χ0v) is 9.69. The largest absolute Gasteiger partial charge is 0.370 e. The van der Waals surface area contributed by atoms with Gasteiger partial charge in [-0.3, -0.25) is 9.88 Å². The van der Waals surface area contributed by atoms with Crippen molar-refractivity contribution in [3.8, 4) is 0 Å². The van der Waals surface area contributed by atoms with E-state index in [-0.39, 0.29) is 0 Å². The van der Waals surface area contributed by atoms with E-state index in [1.54, 1.807) is 6.20 Å². The van der Waals surface area contributed by atoms with Crippen LogP contribution in [0.25, 0.3) is 0 Å². The summed E-state index contributed by atoms with van der Waals surface area (Å²) in [6.45, 7) is 5.57. The normalized spacial score (nSPS) is 21.6. The van der Waals surface area contributed by atoms with E-state index in [2.05, 4.69) is 15.2 Å². The van der Waals surface area contributed by atoms with Crippen molar-refractivity contribution in [2.75, 3.05) is 26.2 Å². The first-order valence-corrected chi connectivity index (χ1v) is 5.87. The van der Waals surface area contributed by atoms with Gasteiger partial charge in [0.05, 0.1) is 5.69 Å². The van der Waals surface area contributed by atoms with E-state index < -0.39 is 5.72 Å². The molecule has 0 aromatic carbocycles. The van der Waals surface area contributed by atoms with Crippen LogP contribution >= 0.6 is 0 Å².